The maximum absolute atomic E-state index is 6.81. The summed E-state index contributed by atoms with van der Waals surface area (Å²) in [6.07, 6.45) is 0. The van der Waals surface area contributed by atoms with E-state index in [1.807, 2.05) is 48.5 Å². The Hall–Kier alpha value is -7.63. The molecule has 0 saturated carbocycles. The maximum Gasteiger partial charge on any atom is 0.238 e. The van der Waals surface area contributed by atoms with Crippen LogP contribution in [0.1, 0.15) is 0 Å². The molecule has 0 N–H and O–H groups in total. The zero-order chi connectivity index (χ0) is 37.0. The third kappa shape index (κ3) is 5.29. The van der Waals surface area contributed by atoms with Gasteiger partial charge in [-0.15, -0.1) is 0 Å². The molecule has 0 amide bonds. The predicted molar refractivity (Wildman–Crippen MR) is 229 cm³/mol. The van der Waals surface area contributed by atoms with Crippen LogP contribution >= 0.6 is 0 Å². The van der Waals surface area contributed by atoms with Gasteiger partial charge in [0.15, 0.2) is 17.2 Å². The van der Waals surface area contributed by atoms with E-state index in [1.54, 1.807) is 0 Å². The zero-order valence-corrected chi connectivity index (χ0v) is 30.2. The lowest BCUT2D eigenvalue weighted by atomic mass is 9.94. The predicted octanol–water partition coefficient (Wildman–Crippen LogP) is 13.2. The van der Waals surface area contributed by atoms with E-state index >= 15 is 0 Å². The normalized spacial score (nSPS) is 11.6. The molecule has 11 aromatic rings. The van der Waals surface area contributed by atoms with E-state index in [9.17, 15) is 0 Å². The smallest absolute Gasteiger partial charge is 0.238 e. The van der Waals surface area contributed by atoms with Crippen molar-refractivity contribution in [1.29, 1.82) is 0 Å². The average Bonchev–Trinajstić information content (AvgIpc) is 3.83. The minimum atomic E-state index is 0.512. The molecule has 0 aliphatic heterocycles. The summed E-state index contributed by atoms with van der Waals surface area (Å²) in [5.41, 5.74) is 12.1. The summed E-state index contributed by atoms with van der Waals surface area (Å²) in [5, 5.41) is 4.26. The molecule has 0 aliphatic carbocycles. The highest BCUT2D eigenvalue weighted by atomic mass is 16.3. The van der Waals surface area contributed by atoms with Crippen LogP contribution in [0.2, 0.25) is 0 Å². The number of nitrogens with zero attached hydrogens (tertiary/aromatic N) is 4. The van der Waals surface area contributed by atoms with Crippen LogP contribution in [-0.4, -0.2) is 19.5 Å². The van der Waals surface area contributed by atoms with Crippen molar-refractivity contribution in [2.45, 2.75) is 0 Å². The molecule has 8 aromatic carbocycles. The maximum atomic E-state index is 6.81. The second kappa shape index (κ2) is 13.0. The number of para-hydroxylation sites is 1. The van der Waals surface area contributed by atoms with E-state index in [2.05, 4.69) is 150 Å². The molecule has 0 atom stereocenters. The molecule has 0 radical (unpaired) electrons. The second-order valence-corrected chi connectivity index (χ2v) is 14.0. The molecule has 3 heterocycles. The molecule has 5 heteroatoms. The molecule has 5 nitrogen and oxygen atoms in total. The first-order valence-electron chi connectivity index (χ1n) is 18.8. The van der Waals surface area contributed by atoms with Gasteiger partial charge in [0, 0.05) is 32.7 Å². The Morgan fingerprint density at radius 1 is 0.375 bits per heavy atom. The van der Waals surface area contributed by atoms with Crippen LogP contribution in [0.3, 0.4) is 0 Å². The van der Waals surface area contributed by atoms with Gasteiger partial charge in [-0.05, 0) is 57.6 Å². The van der Waals surface area contributed by atoms with Crippen LogP contribution in [0.5, 0.6) is 0 Å². The number of hydrogen-bond donors (Lipinski definition) is 0. The Morgan fingerprint density at radius 2 is 0.875 bits per heavy atom. The van der Waals surface area contributed by atoms with Crippen LogP contribution in [0.4, 0.5) is 0 Å². The summed E-state index contributed by atoms with van der Waals surface area (Å²) in [4.78, 5) is 15.8. The molecule has 262 valence electrons. The Bertz CT molecular complexity index is 3210. The molecule has 56 heavy (non-hydrogen) atoms. The van der Waals surface area contributed by atoms with Gasteiger partial charge in [0.25, 0.3) is 0 Å². The quantitative estimate of drug-likeness (QED) is 0.172. The molecule has 0 aliphatic rings. The van der Waals surface area contributed by atoms with E-state index in [1.165, 1.54) is 0 Å². The van der Waals surface area contributed by atoms with E-state index in [0.29, 0.717) is 17.6 Å². The molecule has 0 fully saturated rings. The van der Waals surface area contributed by atoms with Gasteiger partial charge in [0.2, 0.25) is 5.95 Å². The van der Waals surface area contributed by atoms with Gasteiger partial charge in [0.05, 0.1) is 5.52 Å². The number of aromatic nitrogens is 4. The lowest BCUT2D eigenvalue weighted by molar-refractivity contribution is 0.670. The van der Waals surface area contributed by atoms with E-state index in [-0.39, 0.29) is 0 Å². The highest BCUT2D eigenvalue weighted by Crippen LogP contribution is 2.45. The summed E-state index contributed by atoms with van der Waals surface area (Å²) in [6.45, 7) is 0. The molecule has 0 saturated heterocycles. The lowest BCUT2D eigenvalue weighted by Crippen LogP contribution is -2.06. The van der Waals surface area contributed by atoms with Gasteiger partial charge in [-0.3, -0.25) is 4.57 Å². The molecular formula is C51H32N4O. The largest absolute Gasteiger partial charge is 0.454 e. The van der Waals surface area contributed by atoms with Crippen molar-refractivity contribution in [3.63, 3.8) is 0 Å². The van der Waals surface area contributed by atoms with Crippen LogP contribution in [0, 0.1) is 0 Å². The van der Waals surface area contributed by atoms with Gasteiger partial charge in [-0.1, -0.05) is 170 Å². The van der Waals surface area contributed by atoms with Crippen LogP contribution in [0.15, 0.2) is 199 Å². The number of hydrogen-bond acceptors (Lipinski definition) is 4. The summed E-state index contributed by atoms with van der Waals surface area (Å²) in [5.74, 6) is 1.69. The van der Waals surface area contributed by atoms with Crippen LogP contribution in [0.25, 0.3) is 106 Å². The first-order valence-corrected chi connectivity index (χ1v) is 18.8. The first-order chi connectivity index (χ1) is 27.8. The summed E-state index contributed by atoms with van der Waals surface area (Å²) < 4.78 is 9.01. The fourth-order valence-corrected chi connectivity index (χ4v) is 8.01. The molecule has 11 rings (SSSR count). The van der Waals surface area contributed by atoms with E-state index < -0.39 is 0 Å². The monoisotopic (exact) mass is 716 g/mol. The fraction of sp³-hybridized carbons (Fsp3) is 0. The molecule has 0 bridgehead atoms. The second-order valence-electron chi connectivity index (χ2n) is 14.0. The topological polar surface area (TPSA) is 56.7 Å². The van der Waals surface area contributed by atoms with Crippen molar-refractivity contribution in [3.05, 3.63) is 194 Å². The summed E-state index contributed by atoms with van der Waals surface area (Å²) >= 11 is 0. The van der Waals surface area contributed by atoms with Crippen molar-refractivity contribution in [2.75, 3.05) is 0 Å². The van der Waals surface area contributed by atoms with Gasteiger partial charge in [-0.2, -0.15) is 9.97 Å². The van der Waals surface area contributed by atoms with Crippen LogP contribution < -0.4 is 0 Å². The van der Waals surface area contributed by atoms with Crippen molar-refractivity contribution in [3.8, 4) is 62.1 Å². The lowest BCUT2D eigenvalue weighted by Gasteiger charge is -2.13. The molecular weight excluding hydrogens is 685 g/mol. The van der Waals surface area contributed by atoms with Crippen molar-refractivity contribution in [1.82, 2.24) is 19.5 Å². The van der Waals surface area contributed by atoms with Gasteiger partial charge < -0.3 is 4.42 Å². The number of rotatable bonds is 6. The van der Waals surface area contributed by atoms with Crippen molar-refractivity contribution < 1.29 is 4.42 Å². The zero-order valence-electron chi connectivity index (χ0n) is 30.2. The van der Waals surface area contributed by atoms with Crippen molar-refractivity contribution in [2.24, 2.45) is 0 Å². The number of fused-ring (bicyclic) bond motifs is 7. The molecule has 0 spiro atoms. The third-order valence-electron chi connectivity index (χ3n) is 10.7. The molecule has 0 unspecified atom stereocenters. The Kier molecular flexibility index (Phi) is 7.42. The Balaban J connectivity index is 1.27. The average molecular weight is 717 g/mol. The minimum absolute atomic E-state index is 0.512. The fourth-order valence-electron chi connectivity index (χ4n) is 8.01. The van der Waals surface area contributed by atoms with Gasteiger partial charge >= 0.3 is 0 Å². The number of benzene rings is 8. The van der Waals surface area contributed by atoms with Gasteiger partial charge in [-0.25, -0.2) is 4.98 Å². The van der Waals surface area contributed by atoms with Crippen LogP contribution in [-0.2, 0) is 0 Å². The highest BCUT2D eigenvalue weighted by Gasteiger charge is 2.25. The minimum Gasteiger partial charge on any atom is -0.454 e. The number of furan rings is 1. The Labute approximate surface area is 322 Å². The van der Waals surface area contributed by atoms with E-state index in [0.717, 1.165) is 88.3 Å². The summed E-state index contributed by atoms with van der Waals surface area (Å²) in [6, 6.07) is 67.4. The SMILES string of the molecule is c1ccc(-c2ccc(-c3nc(-c4ccccc4)nc(-n4c5cc(-c6ccccc6)cc(-c6ccccc6)c5c5ccc6c7ccccc7oc6c54)n3)cc2)cc1. The standard InChI is InChI=1S/C51H32N4O/c1-5-15-33(16-6-1)35-25-27-38(28-26-35)50-52-49(37-21-11-4-12-22-37)53-51(54-50)55-44-32-39(34-17-7-2-8-18-34)31-43(36-19-9-3-10-20-36)46(44)42-30-29-41-40-23-13-14-24-45(40)56-48(41)47(42)55/h1-32H. The third-order valence-corrected chi connectivity index (χ3v) is 10.7. The van der Waals surface area contributed by atoms with Gasteiger partial charge in [0.1, 0.15) is 11.1 Å². The summed E-state index contributed by atoms with van der Waals surface area (Å²) in [7, 11) is 0. The van der Waals surface area contributed by atoms with E-state index in [4.69, 9.17) is 19.4 Å². The first kappa shape index (κ1) is 31.9. The van der Waals surface area contributed by atoms with Crippen molar-refractivity contribution >= 4 is 43.7 Å². The molecule has 3 aromatic heterocycles. The highest BCUT2D eigenvalue weighted by molar-refractivity contribution is 6.24. The Morgan fingerprint density at radius 3 is 1.54 bits per heavy atom.